The number of nitrogens with zero attached hydrogens (tertiary/aromatic N) is 3. The van der Waals surface area contributed by atoms with Gasteiger partial charge in [-0.15, -0.1) is 0 Å². The van der Waals surface area contributed by atoms with Gasteiger partial charge in [0.05, 0.1) is 5.69 Å². The number of hydrogen-bond donors (Lipinski definition) is 2. The molecule has 2 aromatic heterocycles. The molecule has 0 saturated heterocycles. The van der Waals surface area contributed by atoms with E-state index in [0.29, 0.717) is 11.5 Å². The zero-order valence-electron chi connectivity index (χ0n) is 10.6. The lowest BCUT2D eigenvalue weighted by Gasteiger charge is -2.11. The summed E-state index contributed by atoms with van der Waals surface area (Å²) in [7, 11) is 0. The van der Waals surface area contributed by atoms with Crippen LogP contribution in [0.5, 0.6) is 0 Å². The zero-order valence-corrected chi connectivity index (χ0v) is 10.6. The second-order valence-electron chi connectivity index (χ2n) is 4.39. The van der Waals surface area contributed by atoms with Gasteiger partial charge in [-0.1, -0.05) is 6.92 Å². The predicted molar refractivity (Wildman–Crippen MR) is 68.1 cm³/mol. The summed E-state index contributed by atoms with van der Waals surface area (Å²) in [6, 6.07) is 3.49. The molecule has 0 aliphatic heterocycles. The number of fused-ring (bicyclic) bond motifs is 1. The van der Waals surface area contributed by atoms with E-state index >= 15 is 0 Å². The standard InChI is InChI=1S/C12H16N4O2/c1-4-8-5-10-14-9(12(17)18)6-11(13-7(2)3)16(10)15-8/h5-7,13H,4H2,1-3H3,(H,17,18). The summed E-state index contributed by atoms with van der Waals surface area (Å²) in [5.41, 5.74) is 1.46. The van der Waals surface area contributed by atoms with Crippen molar-refractivity contribution >= 4 is 17.4 Å². The number of nitrogens with one attached hydrogen (secondary N) is 1. The van der Waals surface area contributed by atoms with Crippen LogP contribution in [0.1, 0.15) is 37.0 Å². The van der Waals surface area contributed by atoms with E-state index in [4.69, 9.17) is 5.11 Å². The summed E-state index contributed by atoms with van der Waals surface area (Å²) in [4.78, 5) is 15.1. The van der Waals surface area contributed by atoms with Gasteiger partial charge >= 0.3 is 5.97 Å². The lowest BCUT2D eigenvalue weighted by atomic mass is 10.3. The molecule has 6 heteroatoms. The fourth-order valence-electron chi connectivity index (χ4n) is 1.70. The number of aryl methyl sites for hydroxylation is 1. The first-order valence-corrected chi connectivity index (χ1v) is 5.90. The number of aromatic nitrogens is 3. The van der Waals surface area contributed by atoms with Crippen LogP contribution in [-0.2, 0) is 6.42 Å². The first-order valence-electron chi connectivity index (χ1n) is 5.90. The monoisotopic (exact) mass is 248 g/mol. The molecule has 2 aromatic rings. The molecule has 0 saturated carbocycles. The SMILES string of the molecule is CCc1cc2nc(C(=O)O)cc(NC(C)C)n2n1. The molecule has 0 fully saturated rings. The summed E-state index contributed by atoms with van der Waals surface area (Å²) in [6.45, 7) is 5.96. The molecule has 0 amide bonds. The van der Waals surface area contributed by atoms with Crippen LogP contribution in [0.25, 0.3) is 5.65 Å². The van der Waals surface area contributed by atoms with Gasteiger partial charge in [0.25, 0.3) is 0 Å². The van der Waals surface area contributed by atoms with Crippen LogP contribution in [-0.4, -0.2) is 31.7 Å². The van der Waals surface area contributed by atoms with Crippen molar-refractivity contribution < 1.29 is 9.90 Å². The Kier molecular flexibility index (Phi) is 3.18. The molecule has 2 rings (SSSR count). The normalized spacial score (nSPS) is 11.1. The number of anilines is 1. The lowest BCUT2D eigenvalue weighted by Crippen LogP contribution is -2.15. The Morgan fingerprint density at radius 2 is 2.22 bits per heavy atom. The molecule has 0 unspecified atom stereocenters. The average molecular weight is 248 g/mol. The van der Waals surface area contributed by atoms with Crippen molar-refractivity contribution in [3.8, 4) is 0 Å². The van der Waals surface area contributed by atoms with Crippen LogP contribution in [0.3, 0.4) is 0 Å². The number of rotatable bonds is 4. The molecule has 0 spiro atoms. The minimum Gasteiger partial charge on any atom is -0.477 e. The summed E-state index contributed by atoms with van der Waals surface area (Å²) < 4.78 is 1.64. The number of aromatic carboxylic acids is 1. The van der Waals surface area contributed by atoms with Crippen molar-refractivity contribution in [3.05, 3.63) is 23.5 Å². The van der Waals surface area contributed by atoms with Crippen LogP contribution in [0, 0.1) is 0 Å². The molecule has 2 heterocycles. The number of hydrogen-bond acceptors (Lipinski definition) is 4. The Labute approximate surface area is 105 Å². The van der Waals surface area contributed by atoms with E-state index < -0.39 is 5.97 Å². The topological polar surface area (TPSA) is 79.5 Å². The number of carboxylic acids is 1. The Balaban J connectivity index is 2.62. The Morgan fingerprint density at radius 3 is 2.78 bits per heavy atom. The average Bonchev–Trinajstić information content (AvgIpc) is 2.71. The van der Waals surface area contributed by atoms with Gasteiger partial charge in [-0.05, 0) is 20.3 Å². The lowest BCUT2D eigenvalue weighted by molar-refractivity contribution is 0.0690. The summed E-state index contributed by atoms with van der Waals surface area (Å²) in [5, 5.41) is 16.6. The minimum atomic E-state index is -1.04. The van der Waals surface area contributed by atoms with Crippen LogP contribution in [0.15, 0.2) is 12.1 Å². The van der Waals surface area contributed by atoms with Gasteiger partial charge in [0.15, 0.2) is 11.3 Å². The minimum absolute atomic E-state index is 0.0215. The highest BCUT2D eigenvalue weighted by Gasteiger charge is 2.13. The van der Waals surface area contributed by atoms with Crippen LogP contribution in [0.4, 0.5) is 5.82 Å². The first kappa shape index (κ1) is 12.3. The van der Waals surface area contributed by atoms with E-state index in [0.717, 1.165) is 12.1 Å². The maximum Gasteiger partial charge on any atom is 0.354 e. The van der Waals surface area contributed by atoms with Gasteiger partial charge in [-0.3, -0.25) is 0 Å². The molecule has 0 radical (unpaired) electrons. The van der Waals surface area contributed by atoms with E-state index in [-0.39, 0.29) is 11.7 Å². The molecular formula is C12H16N4O2. The molecule has 2 N–H and O–H groups in total. The van der Waals surface area contributed by atoms with E-state index in [1.54, 1.807) is 10.6 Å². The molecule has 0 aromatic carbocycles. The van der Waals surface area contributed by atoms with Crippen molar-refractivity contribution in [2.45, 2.75) is 33.2 Å². The van der Waals surface area contributed by atoms with Crippen molar-refractivity contribution in [1.82, 2.24) is 14.6 Å². The highest BCUT2D eigenvalue weighted by Crippen LogP contribution is 2.15. The van der Waals surface area contributed by atoms with Gasteiger partial charge in [0.2, 0.25) is 0 Å². The first-order chi connectivity index (χ1) is 8.51. The van der Waals surface area contributed by atoms with Crippen molar-refractivity contribution in [3.63, 3.8) is 0 Å². The van der Waals surface area contributed by atoms with Crippen LogP contribution in [0.2, 0.25) is 0 Å². The van der Waals surface area contributed by atoms with Gasteiger partial charge in [-0.2, -0.15) is 9.61 Å². The fourth-order valence-corrected chi connectivity index (χ4v) is 1.70. The Morgan fingerprint density at radius 1 is 1.50 bits per heavy atom. The molecule has 6 nitrogen and oxygen atoms in total. The van der Waals surface area contributed by atoms with E-state index in [1.807, 2.05) is 20.8 Å². The highest BCUT2D eigenvalue weighted by molar-refractivity contribution is 5.87. The van der Waals surface area contributed by atoms with Crippen LogP contribution >= 0.6 is 0 Å². The second kappa shape index (κ2) is 4.64. The second-order valence-corrected chi connectivity index (χ2v) is 4.39. The quantitative estimate of drug-likeness (QED) is 0.862. The van der Waals surface area contributed by atoms with Gasteiger partial charge in [0.1, 0.15) is 5.82 Å². The molecule has 0 atom stereocenters. The summed E-state index contributed by atoms with van der Waals surface area (Å²) in [5.74, 6) is -0.393. The molecule has 96 valence electrons. The number of carbonyl (C=O) groups is 1. The van der Waals surface area contributed by atoms with Crippen molar-refractivity contribution in [2.75, 3.05) is 5.32 Å². The molecule has 0 bridgehead atoms. The fraction of sp³-hybridized carbons (Fsp3) is 0.417. The van der Waals surface area contributed by atoms with Crippen molar-refractivity contribution in [1.29, 1.82) is 0 Å². The van der Waals surface area contributed by atoms with E-state index in [9.17, 15) is 4.79 Å². The maximum absolute atomic E-state index is 11.0. The third-order valence-corrected chi connectivity index (χ3v) is 2.50. The van der Waals surface area contributed by atoms with Gasteiger partial charge in [-0.25, -0.2) is 9.78 Å². The molecule has 18 heavy (non-hydrogen) atoms. The van der Waals surface area contributed by atoms with E-state index in [1.165, 1.54) is 6.07 Å². The van der Waals surface area contributed by atoms with Gasteiger partial charge < -0.3 is 10.4 Å². The third-order valence-electron chi connectivity index (χ3n) is 2.50. The zero-order chi connectivity index (χ0) is 13.3. The maximum atomic E-state index is 11.0. The summed E-state index contributed by atoms with van der Waals surface area (Å²) in [6.07, 6.45) is 0.785. The molecule has 0 aliphatic carbocycles. The smallest absolute Gasteiger partial charge is 0.354 e. The largest absolute Gasteiger partial charge is 0.477 e. The molecule has 0 aliphatic rings. The Bertz CT molecular complexity index is 589. The molecular weight excluding hydrogens is 232 g/mol. The highest BCUT2D eigenvalue weighted by atomic mass is 16.4. The predicted octanol–water partition coefficient (Wildman–Crippen LogP) is 1.81. The van der Waals surface area contributed by atoms with Crippen molar-refractivity contribution in [2.24, 2.45) is 0 Å². The summed E-state index contributed by atoms with van der Waals surface area (Å²) >= 11 is 0. The number of carboxylic acid groups (broad SMARTS) is 1. The van der Waals surface area contributed by atoms with E-state index in [2.05, 4.69) is 15.4 Å². The van der Waals surface area contributed by atoms with Crippen LogP contribution < -0.4 is 5.32 Å². The Hall–Kier alpha value is -2.11. The third kappa shape index (κ3) is 2.27. The van der Waals surface area contributed by atoms with Gasteiger partial charge in [0, 0.05) is 18.2 Å².